The maximum Gasteiger partial charge on any atom is 0.222 e. The first-order chi connectivity index (χ1) is 12.2. The lowest BCUT2D eigenvalue weighted by Gasteiger charge is -2.45. The highest BCUT2D eigenvalue weighted by Crippen LogP contribution is 2.20. The van der Waals surface area contributed by atoms with Crippen molar-refractivity contribution in [1.82, 2.24) is 20.4 Å². The average Bonchev–Trinajstić information content (AvgIpc) is 3.05. The first kappa shape index (κ1) is 24.4. The number of amides is 1. The van der Waals surface area contributed by atoms with Gasteiger partial charge in [-0.2, -0.15) is 0 Å². The molecule has 0 saturated carbocycles. The number of carbonyl (C=O) groups excluding carboxylic acids is 1. The normalized spacial score (nSPS) is 27.3. The van der Waals surface area contributed by atoms with Gasteiger partial charge in [0.15, 0.2) is 5.96 Å². The molecule has 0 aromatic rings. The predicted molar refractivity (Wildman–Crippen MR) is 121 cm³/mol. The second kappa shape index (κ2) is 10.8. The third-order valence-corrected chi connectivity index (χ3v) is 5.37. The summed E-state index contributed by atoms with van der Waals surface area (Å²) in [7, 11) is 1.80. The number of nitrogens with one attached hydrogen (secondary N) is 2. The molecule has 2 rings (SSSR count). The maximum atomic E-state index is 11.8. The maximum absolute atomic E-state index is 11.8. The SMILES string of the molecule is CCC(=O)N1CCC(NC(=NC)NCC(C)(C)N2CC(C)OC(C)C2)C1.I. The van der Waals surface area contributed by atoms with E-state index < -0.39 is 0 Å². The molecular weight excluding hydrogens is 457 g/mol. The Hall–Kier alpha value is -0.610. The van der Waals surface area contributed by atoms with Crippen LogP contribution in [0.5, 0.6) is 0 Å². The van der Waals surface area contributed by atoms with Crippen molar-refractivity contribution in [3.8, 4) is 0 Å². The van der Waals surface area contributed by atoms with Gasteiger partial charge in [-0.05, 0) is 34.1 Å². The molecule has 2 heterocycles. The molecule has 158 valence electrons. The summed E-state index contributed by atoms with van der Waals surface area (Å²) < 4.78 is 5.86. The third kappa shape index (κ3) is 7.05. The number of likely N-dealkylation sites (tertiary alicyclic amines) is 1. The Balaban J connectivity index is 0.00000364. The minimum absolute atomic E-state index is 0. The molecule has 3 atom stereocenters. The van der Waals surface area contributed by atoms with E-state index in [1.807, 2.05) is 11.8 Å². The Morgan fingerprint density at radius 2 is 1.85 bits per heavy atom. The molecule has 2 N–H and O–H groups in total. The Bertz CT molecular complexity index is 504. The Kier molecular flexibility index (Phi) is 9.77. The highest BCUT2D eigenvalue weighted by atomic mass is 127. The predicted octanol–water partition coefficient (Wildman–Crippen LogP) is 1.67. The number of aliphatic imine (C=N–C) groups is 1. The van der Waals surface area contributed by atoms with Crippen molar-refractivity contribution in [3.05, 3.63) is 0 Å². The molecular formula is C19H38IN5O2. The molecule has 0 spiro atoms. The lowest BCUT2D eigenvalue weighted by molar-refractivity contribution is -0.129. The number of ether oxygens (including phenoxy) is 1. The topological polar surface area (TPSA) is 69.2 Å². The average molecular weight is 495 g/mol. The summed E-state index contributed by atoms with van der Waals surface area (Å²) in [6.45, 7) is 15.0. The van der Waals surface area contributed by atoms with Crippen LogP contribution in [0.4, 0.5) is 0 Å². The second-order valence-corrected chi connectivity index (χ2v) is 8.22. The van der Waals surface area contributed by atoms with Crippen molar-refractivity contribution >= 4 is 35.8 Å². The van der Waals surface area contributed by atoms with Crippen LogP contribution in [0.1, 0.15) is 47.5 Å². The summed E-state index contributed by atoms with van der Waals surface area (Å²) in [5.41, 5.74) is 0.00378. The van der Waals surface area contributed by atoms with Crippen molar-refractivity contribution in [1.29, 1.82) is 0 Å². The Labute approximate surface area is 181 Å². The van der Waals surface area contributed by atoms with Gasteiger partial charge < -0.3 is 20.3 Å². The van der Waals surface area contributed by atoms with Crippen molar-refractivity contribution in [2.45, 2.75) is 71.2 Å². The minimum Gasteiger partial charge on any atom is -0.373 e. The van der Waals surface area contributed by atoms with Crippen LogP contribution in [0.3, 0.4) is 0 Å². The summed E-state index contributed by atoms with van der Waals surface area (Å²) >= 11 is 0. The molecule has 7 nitrogen and oxygen atoms in total. The zero-order valence-electron chi connectivity index (χ0n) is 17.7. The van der Waals surface area contributed by atoms with E-state index >= 15 is 0 Å². The largest absolute Gasteiger partial charge is 0.373 e. The van der Waals surface area contributed by atoms with E-state index in [-0.39, 0.29) is 53.7 Å². The summed E-state index contributed by atoms with van der Waals surface area (Å²) in [6, 6.07) is 0.267. The van der Waals surface area contributed by atoms with Crippen LogP contribution in [0.25, 0.3) is 0 Å². The van der Waals surface area contributed by atoms with Crippen molar-refractivity contribution in [2.75, 3.05) is 39.8 Å². The molecule has 0 radical (unpaired) electrons. The fourth-order valence-corrected chi connectivity index (χ4v) is 3.80. The summed E-state index contributed by atoms with van der Waals surface area (Å²) in [5, 5.41) is 6.94. The van der Waals surface area contributed by atoms with Gasteiger partial charge in [0.1, 0.15) is 0 Å². The molecule has 0 aliphatic carbocycles. The number of guanidine groups is 1. The van der Waals surface area contributed by atoms with E-state index in [2.05, 4.69) is 48.2 Å². The summed E-state index contributed by atoms with van der Waals surface area (Å²) in [5.74, 6) is 1.04. The van der Waals surface area contributed by atoms with Gasteiger partial charge in [0.25, 0.3) is 0 Å². The van der Waals surface area contributed by atoms with E-state index in [0.29, 0.717) is 6.42 Å². The van der Waals surface area contributed by atoms with Crippen LogP contribution in [-0.2, 0) is 9.53 Å². The van der Waals surface area contributed by atoms with Gasteiger partial charge in [-0.3, -0.25) is 14.7 Å². The van der Waals surface area contributed by atoms with Gasteiger partial charge in [-0.1, -0.05) is 6.92 Å². The van der Waals surface area contributed by atoms with Crippen molar-refractivity contribution in [2.24, 2.45) is 4.99 Å². The highest BCUT2D eigenvalue weighted by Gasteiger charge is 2.33. The van der Waals surface area contributed by atoms with Gasteiger partial charge in [-0.25, -0.2) is 0 Å². The summed E-state index contributed by atoms with van der Waals surface area (Å²) in [4.78, 5) is 20.6. The number of hydrogen-bond acceptors (Lipinski definition) is 4. The first-order valence-electron chi connectivity index (χ1n) is 9.90. The molecule has 27 heavy (non-hydrogen) atoms. The van der Waals surface area contributed by atoms with Gasteiger partial charge in [0.05, 0.1) is 12.2 Å². The van der Waals surface area contributed by atoms with Crippen molar-refractivity contribution < 1.29 is 9.53 Å². The van der Waals surface area contributed by atoms with Gasteiger partial charge in [-0.15, -0.1) is 24.0 Å². The number of hydrogen-bond donors (Lipinski definition) is 2. The standard InChI is InChI=1S/C19H37N5O2.HI/c1-7-17(25)23-9-8-16(12-23)22-18(20-6)21-13-19(4,5)24-10-14(2)26-15(3)11-24;/h14-16H,7-13H2,1-6H3,(H2,20,21,22);1H. The third-order valence-electron chi connectivity index (χ3n) is 5.37. The highest BCUT2D eigenvalue weighted by molar-refractivity contribution is 14.0. The first-order valence-corrected chi connectivity index (χ1v) is 9.90. The lowest BCUT2D eigenvalue weighted by Crippen LogP contribution is -2.59. The molecule has 0 aromatic carbocycles. The molecule has 2 fully saturated rings. The van der Waals surface area contributed by atoms with E-state index in [9.17, 15) is 4.79 Å². The smallest absolute Gasteiger partial charge is 0.222 e. The van der Waals surface area contributed by atoms with E-state index in [0.717, 1.165) is 45.1 Å². The molecule has 2 saturated heterocycles. The summed E-state index contributed by atoms with van der Waals surface area (Å²) in [6.07, 6.45) is 2.06. The van der Waals surface area contributed by atoms with Gasteiger partial charge >= 0.3 is 0 Å². The fraction of sp³-hybridized carbons (Fsp3) is 0.895. The quantitative estimate of drug-likeness (QED) is 0.345. The van der Waals surface area contributed by atoms with Gasteiger partial charge in [0.2, 0.25) is 5.91 Å². The number of carbonyl (C=O) groups is 1. The number of nitrogens with zero attached hydrogens (tertiary/aromatic N) is 3. The van der Waals surface area contributed by atoms with E-state index in [4.69, 9.17) is 4.74 Å². The Morgan fingerprint density at radius 3 is 2.41 bits per heavy atom. The van der Waals surface area contributed by atoms with Crippen LogP contribution in [-0.4, -0.2) is 85.2 Å². The number of rotatable bonds is 5. The fourth-order valence-electron chi connectivity index (χ4n) is 3.80. The molecule has 2 aliphatic rings. The van der Waals surface area contributed by atoms with Crippen LogP contribution in [0, 0.1) is 0 Å². The molecule has 8 heteroatoms. The Morgan fingerprint density at radius 1 is 1.22 bits per heavy atom. The number of halogens is 1. The number of morpholine rings is 1. The van der Waals surface area contributed by atoms with Gasteiger partial charge in [0, 0.05) is 57.8 Å². The molecule has 1 amide bonds. The van der Waals surface area contributed by atoms with E-state index in [1.54, 1.807) is 7.05 Å². The molecule has 3 unspecified atom stereocenters. The molecule has 2 aliphatic heterocycles. The molecule has 0 bridgehead atoms. The van der Waals surface area contributed by atoms with Crippen LogP contribution < -0.4 is 10.6 Å². The minimum atomic E-state index is 0. The zero-order chi connectivity index (χ0) is 19.3. The lowest BCUT2D eigenvalue weighted by atomic mass is 10.00. The van der Waals surface area contributed by atoms with Crippen LogP contribution in [0.15, 0.2) is 4.99 Å². The van der Waals surface area contributed by atoms with Crippen LogP contribution >= 0.6 is 24.0 Å². The zero-order valence-corrected chi connectivity index (χ0v) is 20.1. The van der Waals surface area contributed by atoms with Crippen LogP contribution in [0.2, 0.25) is 0 Å². The molecule has 0 aromatic heterocycles. The van der Waals surface area contributed by atoms with Crippen molar-refractivity contribution in [3.63, 3.8) is 0 Å². The monoisotopic (exact) mass is 495 g/mol. The van der Waals surface area contributed by atoms with E-state index in [1.165, 1.54) is 0 Å². The second-order valence-electron chi connectivity index (χ2n) is 8.22.